The molecule has 1 unspecified atom stereocenters. The molecule has 3 nitrogen and oxygen atoms in total. The monoisotopic (exact) mass is 428 g/mol. The molecule has 1 aromatic heterocycles. The van der Waals surface area contributed by atoms with E-state index in [1.807, 2.05) is 63.2 Å². The van der Waals surface area contributed by atoms with Crippen LogP contribution in [0.1, 0.15) is 49.8 Å². The molecule has 0 aliphatic carbocycles. The topological polar surface area (TPSA) is 34.0 Å². The van der Waals surface area contributed by atoms with E-state index in [0.717, 1.165) is 27.6 Å². The number of nitrogens with one attached hydrogen (secondary N) is 1. The van der Waals surface area contributed by atoms with Gasteiger partial charge in [-0.05, 0) is 55.7 Å². The molecule has 164 valence electrons. The quantitative estimate of drug-likeness (QED) is 0.386. The van der Waals surface area contributed by atoms with Gasteiger partial charge in [0.05, 0.1) is 0 Å². The van der Waals surface area contributed by atoms with Crippen LogP contribution in [0.2, 0.25) is 0 Å². The fraction of sp³-hybridized carbons (Fsp3) is 0.250. The lowest BCUT2D eigenvalue weighted by Crippen LogP contribution is -2.41. The van der Waals surface area contributed by atoms with Crippen LogP contribution < -0.4 is 5.32 Å². The van der Waals surface area contributed by atoms with Crippen LogP contribution in [-0.4, -0.2) is 16.0 Å². The van der Waals surface area contributed by atoms with Gasteiger partial charge in [0.15, 0.2) is 0 Å². The third-order valence-corrected chi connectivity index (χ3v) is 5.57. The molecule has 32 heavy (non-hydrogen) atoms. The second-order valence-electron chi connectivity index (χ2n) is 9.32. The second-order valence-corrected chi connectivity index (χ2v) is 9.32. The normalized spacial score (nSPS) is 12.6. The Kier molecular flexibility index (Phi) is 6.13. The summed E-state index contributed by atoms with van der Waals surface area (Å²) in [4.78, 5) is 12.9. The Balaban J connectivity index is 1.76. The van der Waals surface area contributed by atoms with Crippen molar-refractivity contribution in [2.45, 2.75) is 45.2 Å². The van der Waals surface area contributed by atoms with E-state index in [-0.39, 0.29) is 23.2 Å². The molecule has 0 bridgehead atoms. The molecule has 1 N–H and O–H groups in total. The van der Waals surface area contributed by atoms with Crippen LogP contribution in [0.3, 0.4) is 0 Å². The largest absolute Gasteiger partial charge is 0.351 e. The van der Waals surface area contributed by atoms with E-state index in [1.54, 1.807) is 0 Å². The van der Waals surface area contributed by atoms with E-state index in [9.17, 15) is 9.18 Å². The standard InChI is InChI=1S/C28H29FN2O/c1-28(2,3)30-27(32)17-24(21-9-5-4-6-10-21)25-19-31(26-12-8-7-11-23(25)26)18-20-13-15-22(29)16-14-20/h4-16,19,24H,17-18H2,1-3H3,(H,30,32). The van der Waals surface area contributed by atoms with E-state index in [4.69, 9.17) is 0 Å². The number of benzene rings is 3. The molecule has 0 aliphatic heterocycles. The average molecular weight is 429 g/mol. The number of carbonyl (C=O) groups is 1. The molecule has 0 saturated carbocycles. The zero-order chi connectivity index (χ0) is 22.7. The SMILES string of the molecule is CC(C)(C)NC(=O)CC(c1ccccc1)c1cn(Cc2ccc(F)cc2)c2ccccc12. The molecule has 4 aromatic rings. The van der Waals surface area contributed by atoms with Gasteiger partial charge in [0, 0.05) is 41.5 Å². The maximum absolute atomic E-state index is 13.4. The van der Waals surface area contributed by atoms with Crippen LogP contribution in [0.15, 0.2) is 85.1 Å². The highest BCUT2D eigenvalue weighted by molar-refractivity contribution is 5.87. The van der Waals surface area contributed by atoms with Gasteiger partial charge in [-0.25, -0.2) is 4.39 Å². The summed E-state index contributed by atoms with van der Waals surface area (Å²) < 4.78 is 15.6. The number of para-hydroxylation sites is 1. The van der Waals surface area contributed by atoms with Gasteiger partial charge >= 0.3 is 0 Å². The predicted octanol–water partition coefficient (Wildman–Crippen LogP) is 6.27. The van der Waals surface area contributed by atoms with E-state index < -0.39 is 0 Å². The van der Waals surface area contributed by atoms with Crippen LogP contribution in [0, 0.1) is 5.82 Å². The number of fused-ring (bicyclic) bond motifs is 1. The van der Waals surface area contributed by atoms with E-state index in [0.29, 0.717) is 13.0 Å². The summed E-state index contributed by atoms with van der Waals surface area (Å²) in [5, 5.41) is 4.24. The second kappa shape index (κ2) is 8.99. The third-order valence-electron chi connectivity index (χ3n) is 5.57. The Morgan fingerprint density at radius 2 is 1.59 bits per heavy atom. The first-order valence-corrected chi connectivity index (χ1v) is 11.0. The highest BCUT2D eigenvalue weighted by atomic mass is 19.1. The highest BCUT2D eigenvalue weighted by Crippen LogP contribution is 2.35. The number of hydrogen-bond donors (Lipinski definition) is 1. The fourth-order valence-corrected chi connectivity index (χ4v) is 4.22. The molecule has 0 spiro atoms. The van der Waals surface area contributed by atoms with Crippen molar-refractivity contribution >= 4 is 16.8 Å². The summed E-state index contributed by atoms with van der Waals surface area (Å²) in [6, 6.07) is 25.1. The molecule has 0 aliphatic rings. The summed E-state index contributed by atoms with van der Waals surface area (Å²) in [7, 11) is 0. The summed E-state index contributed by atoms with van der Waals surface area (Å²) in [6.07, 6.45) is 2.52. The number of halogens is 1. The third kappa shape index (κ3) is 5.08. The first-order valence-electron chi connectivity index (χ1n) is 11.0. The van der Waals surface area contributed by atoms with Crippen molar-refractivity contribution in [3.8, 4) is 0 Å². The molecular formula is C28H29FN2O. The van der Waals surface area contributed by atoms with Crippen molar-refractivity contribution in [2.24, 2.45) is 0 Å². The van der Waals surface area contributed by atoms with Crippen molar-refractivity contribution in [3.05, 3.63) is 108 Å². The minimum atomic E-state index is -0.283. The molecular weight excluding hydrogens is 399 g/mol. The predicted molar refractivity (Wildman–Crippen MR) is 128 cm³/mol. The van der Waals surface area contributed by atoms with Gasteiger partial charge in [-0.2, -0.15) is 0 Å². The minimum Gasteiger partial charge on any atom is -0.351 e. The number of hydrogen-bond acceptors (Lipinski definition) is 1. The number of carbonyl (C=O) groups excluding carboxylic acids is 1. The van der Waals surface area contributed by atoms with E-state index in [1.165, 1.54) is 12.1 Å². The van der Waals surface area contributed by atoms with Gasteiger partial charge in [0.25, 0.3) is 0 Å². The lowest BCUT2D eigenvalue weighted by Gasteiger charge is -2.23. The van der Waals surface area contributed by atoms with Crippen LogP contribution in [0.25, 0.3) is 10.9 Å². The zero-order valence-corrected chi connectivity index (χ0v) is 18.8. The average Bonchev–Trinajstić information content (AvgIpc) is 3.11. The molecule has 1 amide bonds. The number of rotatable bonds is 6. The van der Waals surface area contributed by atoms with Gasteiger partial charge in [-0.15, -0.1) is 0 Å². The Morgan fingerprint density at radius 1 is 0.938 bits per heavy atom. The van der Waals surface area contributed by atoms with Crippen LogP contribution >= 0.6 is 0 Å². The van der Waals surface area contributed by atoms with Gasteiger partial charge < -0.3 is 9.88 Å². The Hall–Kier alpha value is -3.40. The first-order chi connectivity index (χ1) is 15.3. The van der Waals surface area contributed by atoms with Gasteiger partial charge in [0.2, 0.25) is 5.91 Å². The van der Waals surface area contributed by atoms with Crippen LogP contribution in [0.4, 0.5) is 4.39 Å². The molecule has 0 saturated heterocycles. The van der Waals surface area contributed by atoms with Crippen LogP contribution in [-0.2, 0) is 11.3 Å². The molecule has 0 radical (unpaired) electrons. The first kappa shape index (κ1) is 21.8. The van der Waals surface area contributed by atoms with Crippen molar-refractivity contribution in [1.29, 1.82) is 0 Å². The van der Waals surface area contributed by atoms with Crippen molar-refractivity contribution in [3.63, 3.8) is 0 Å². The molecule has 4 heteroatoms. The van der Waals surface area contributed by atoms with Crippen molar-refractivity contribution < 1.29 is 9.18 Å². The molecule has 1 atom stereocenters. The van der Waals surface area contributed by atoms with Crippen LogP contribution in [0.5, 0.6) is 0 Å². The Labute approximate surface area is 188 Å². The smallest absolute Gasteiger partial charge is 0.221 e. The lowest BCUT2D eigenvalue weighted by molar-refractivity contribution is -0.122. The summed E-state index contributed by atoms with van der Waals surface area (Å²) in [5.74, 6) is -0.277. The molecule has 4 rings (SSSR count). The maximum Gasteiger partial charge on any atom is 0.221 e. The van der Waals surface area contributed by atoms with Gasteiger partial charge in [-0.1, -0.05) is 60.7 Å². The lowest BCUT2D eigenvalue weighted by atomic mass is 9.87. The summed E-state index contributed by atoms with van der Waals surface area (Å²) >= 11 is 0. The maximum atomic E-state index is 13.4. The fourth-order valence-electron chi connectivity index (χ4n) is 4.22. The number of amides is 1. The summed E-state index contributed by atoms with van der Waals surface area (Å²) in [6.45, 7) is 6.63. The van der Waals surface area contributed by atoms with Gasteiger partial charge in [-0.3, -0.25) is 4.79 Å². The molecule has 0 fully saturated rings. The number of aromatic nitrogens is 1. The van der Waals surface area contributed by atoms with E-state index >= 15 is 0 Å². The van der Waals surface area contributed by atoms with E-state index in [2.05, 4.69) is 40.3 Å². The zero-order valence-electron chi connectivity index (χ0n) is 18.8. The molecule has 1 heterocycles. The molecule has 3 aromatic carbocycles. The highest BCUT2D eigenvalue weighted by Gasteiger charge is 2.24. The number of nitrogens with zero attached hydrogens (tertiary/aromatic N) is 1. The van der Waals surface area contributed by atoms with Crippen molar-refractivity contribution in [2.75, 3.05) is 0 Å². The van der Waals surface area contributed by atoms with Crippen molar-refractivity contribution in [1.82, 2.24) is 9.88 Å². The van der Waals surface area contributed by atoms with Gasteiger partial charge in [0.1, 0.15) is 5.82 Å². The Morgan fingerprint density at radius 3 is 2.28 bits per heavy atom. The summed E-state index contributed by atoms with van der Waals surface area (Å²) in [5.41, 5.74) is 4.08. The minimum absolute atomic E-state index is 0.0294. The Bertz CT molecular complexity index is 1200.